The highest BCUT2D eigenvalue weighted by Crippen LogP contribution is 2.35. The van der Waals surface area contributed by atoms with E-state index in [4.69, 9.17) is 5.73 Å². The summed E-state index contributed by atoms with van der Waals surface area (Å²) in [5.41, 5.74) is 6.33. The standard InChI is InChI=1S/C12H11N3OS2/c13-12(16)15-9(11-4-2-6-18-11)7-8(14-15)10-3-1-5-17-10/h1-6,9H,7H2,(H2,13,16). The number of rotatable bonds is 2. The normalized spacial score (nSPS) is 19.0. The molecule has 3 rings (SSSR count). The van der Waals surface area contributed by atoms with Crippen LogP contribution in [0.2, 0.25) is 0 Å². The van der Waals surface area contributed by atoms with Gasteiger partial charge in [0, 0.05) is 11.3 Å². The fourth-order valence-electron chi connectivity index (χ4n) is 2.01. The molecule has 2 amide bonds. The predicted octanol–water partition coefficient (Wildman–Crippen LogP) is 3.04. The molecule has 0 aliphatic carbocycles. The lowest BCUT2D eigenvalue weighted by molar-refractivity contribution is 0.197. The summed E-state index contributed by atoms with van der Waals surface area (Å²) < 4.78 is 0. The summed E-state index contributed by atoms with van der Waals surface area (Å²) >= 11 is 3.25. The van der Waals surface area contributed by atoms with Gasteiger partial charge in [0.1, 0.15) is 0 Å². The third-order valence-corrected chi connectivity index (χ3v) is 4.71. The molecule has 1 atom stereocenters. The molecule has 18 heavy (non-hydrogen) atoms. The van der Waals surface area contributed by atoms with E-state index in [0.29, 0.717) is 0 Å². The van der Waals surface area contributed by atoms with Crippen LogP contribution in [0, 0.1) is 0 Å². The second kappa shape index (κ2) is 4.55. The maximum Gasteiger partial charge on any atom is 0.335 e. The van der Waals surface area contributed by atoms with Gasteiger partial charge < -0.3 is 5.73 Å². The zero-order valence-corrected chi connectivity index (χ0v) is 11.1. The Morgan fingerprint density at radius 3 is 2.72 bits per heavy atom. The number of thiophene rings is 2. The number of nitrogens with zero attached hydrogens (tertiary/aromatic N) is 2. The molecule has 2 aromatic rings. The Morgan fingerprint density at radius 1 is 1.33 bits per heavy atom. The molecule has 3 heterocycles. The van der Waals surface area contributed by atoms with E-state index in [1.807, 2.05) is 35.0 Å². The van der Waals surface area contributed by atoms with Gasteiger partial charge in [-0.15, -0.1) is 22.7 Å². The molecule has 0 radical (unpaired) electrons. The van der Waals surface area contributed by atoms with Gasteiger partial charge in [0.25, 0.3) is 0 Å². The van der Waals surface area contributed by atoms with Crippen LogP contribution < -0.4 is 5.73 Å². The summed E-state index contributed by atoms with van der Waals surface area (Å²) in [6.07, 6.45) is 0.726. The van der Waals surface area contributed by atoms with Crippen molar-refractivity contribution < 1.29 is 4.79 Å². The summed E-state index contributed by atoms with van der Waals surface area (Å²) in [7, 11) is 0. The van der Waals surface area contributed by atoms with Crippen LogP contribution in [0.1, 0.15) is 22.2 Å². The van der Waals surface area contributed by atoms with Crippen molar-refractivity contribution >= 4 is 34.4 Å². The van der Waals surface area contributed by atoms with Crippen molar-refractivity contribution in [3.05, 3.63) is 44.8 Å². The van der Waals surface area contributed by atoms with E-state index in [9.17, 15) is 4.79 Å². The summed E-state index contributed by atoms with van der Waals surface area (Å²) in [5, 5.41) is 9.75. The van der Waals surface area contributed by atoms with E-state index >= 15 is 0 Å². The first-order valence-electron chi connectivity index (χ1n) is 5.49. The summed E-state index contributed by atoms with van der Waals surface area (Å²) in [5.74, 6) is 0. The van der Waals surface area contributed by atoms with E-state index in [1.54, 1.807) is 22.7 Å². The minimum Gasteiger partial charge on any atom is -0.350 e. The second-order valence-corrected chi connectivity index (χ2v) is 5.87. The number of hydrogen-bond donors (Lipinski definition) is 1. The largest absolute Gasteiger partial charge is 0.350 e. The number of nitrogens with two attached hydrogens (primary N) is 1. The molecule has 0 spiro atoms. The number of amides is 2. The Kier molecular flexibility index (Phi) is 2.89. The molecule has 0 fully saturated rings. The maximum atomic E-state index is 11.5. The van der Waals surface area contributed by atoms with Crippen molar-refractivity contribution in [2.45, 2.75) is 12.5 Å². The molecule has 4 nitrogen and oxygen atoms in total. The van der Waals surface area contributed by atoms with Crippen molar-refractivity contribution in [1.29, 1.82) is 0 Å². The van der Waals surface area contributed by atoms with Gasteiger partial charge in [0.05, 0.1) is 16.6 Å². The highest BCUT2D eigenvalue weighted by Gasteiger charge is 2.32. The zero-order valence-electron chi connectivity index (χ0n) is 9.45. The van der Waals surface area contributed by atoms with Gasteiger partial charge in [-0.3, -0.25) is 0 Å². The monoisotopic (exact) mass is 277 g/mol. The molecule has 2 aromatic heterocycles. The molecule has 0 saturated heterocycles. The molecular formula is C12H11N3OS2. The first-order valence-corrected chi connectivity index (χ1v) is 7.25. The van der Waals surface area contributed by atoms with Crippen LogP contribution in [0.15, 0.2) is 40.1 Å². The first-order chi connectivity index (χ1) is 8.75. The Bertz CT molecular complexity index is 575. The van der Waals surface area contributed by atoms with E-state index < -0.39 is 6.03 Å². The average Bonchev–Trinajstić information content (AvgIpc) is 3.10. The number of hydrogen-bond acceptors (Lipinski definition) is 4. The van der Waals surface area contributed by atoms with Crippen LogP contribution in [-0.4, -0.2) is 16.8 Å². The van der Waals surface area contributed by atoms with Crippen molar-refractivity contribution in [2.24, 2.45) is 10.8 Å². The smallest absolute Gasteiger partial charge is 0.335 e. The van der Waals surface area contributed by atoms with E-state index in [0.717, 1.165) is 21.9 Å². The minimum absolute atomic E-state index is 0.0559. The molecule has 0 bridgehead atoms. The van der Waals surface area contributed by atoms with Crippen LogP contribution in [0.25, 0.3) is 0 Å². The van der Waals surface area contributed by atoms with Gasteiger partial charge in [0.2, 0.25) is 0 Å². The lowest BCUT2D eigenvalue weighted by Gasteiger charge is -2.17. The number of carbonyl (C=O) groups is 1. The molecule has 1 aliphatic rings. The van der Waals surface area contributed by atoms with Gasteiger partial charge in [-0.05, 0) is 22.9 Å². The molecule has 0 aromatic carbocycles. The molecule has 1 aliphatic heterocycles. The van der Waals surface area contributed by atoms with Crippen molar-refractivity contribution in [1.82, 2.24) is 5.01 Å². The SMILES string of the molecule is NC(=O)N1N=C(c2cccs2)CC1c1cccs1. The molecule has 6 heteroatoms. The molecule has 2 N–H and O–H groups in total. The third kappa shape index (κ3) is 1.93. The van der Waals surface area contributed by atoms with Gasteiger partial charge >= 0.3 is 6.03 Å². The molecule has 1 unspecified atom stereocenters. The van der Waals surface area contributed by atoms with Crippen molar-refractivity contribution in [3.8, 4) is 0 Å². The van der Waals surface area contributed by atoms with Gasteiger partial charge in [0.15, 0.2) is 0 Å². The summed E-state index contributed by atoms with van der Waals surface area (Å²) in [4.78, 5) is 13.7. The van der Waals surface area contributed by atoms with E-state index in [1.165, 1.54) is 5.01 Å². The summed E-state index contributed by atoms with van der Waals surface area (Å²) in [6.45, 7) is 0. The minimum atomic E-state index is -0.500. The zero-order chi connectivity index (χ0) is 12.5. The Labute approximate surface area is 112 Å². The first kappa shape index (κ1) is 11.4. The van der Waals surface area contributed by atoms with Gasteiger partial charge in [-0.1, -0.05) is 12.1 Å². The number of primary amides is 1. The molecule has 0 saturated carbocycles. The molecule has 92 valence electrons. The number of urea groups is 1. The van der Waals surface area contributed by atoms with Crippen LogP contribution in [0.4, 0.5) is 4.79 Å². The fraction of sp³-hybridized carbons (Fsp3) is 0.167. The van der Waals surface area contributed by atoms with Crippen LogP contribution in [0.3, 0.4) is 0 Å². The quantitative estimate of drug-likeness (QED) is 0.901. The lowest BCUT2D eigenvalue weighted by atomic mass is 10.1. The number of hydrazone groups is 1. The van der Waals surface area contributed by atoms with Crippen LogP contribution in [0.5, 0.6) is 0 Å². The second-order valence-electron chi connectivity index (χ2n) is 3.94. The highest BCUT2D eigenvalue weighted by molar-refractivity contribution is 7.12. The topological polar surface area (TPSA) is 58.7 Å². The van der Waals surface area contributed by atoms with Gasteiger partial charge in [-0.2, -0.15) is 5.10 Å². The predicted molar refractivity (Wildman–Crippen MR) is 74.0 cm³/mol. The van der Waals surface area contributed by atoms with Crippen LogP contribution >= 0.6 is 22.7 Å². The average molecular weight is 277 g/mol. The number of carbonyl (C=O) groups excluding carboxylic acids is 1. The summed E-state index contributed by atoms with van der Waals surface area (Å²) in [6, 6.07) is 7.43. The Hall–Kier alpha value is -1.66. The van der Waals surface area contributed by atoms with Gasteiger partial charge in [-0.25, -0.2) is 9.80 Å². The maximum absolute atomic E-state index is 11.5. The van der Waals surface area contributed by atoms with Crippen molar-refractivity contribution in [2.75, 3.05) is 0 Å². The highest BCUT2D eigenvalue weighted by atomic mass is 32.1. The van der Waals surface area contributed by atoms with E-state index in [2.05, 4.69) is 5.10 Å². The van der Waals surface area contributed by atoms with Crippen LogP contribution in [-0.2, 0) is 0 Å². The molecular weight excluding hydrogens is 266 g/mol. The Morgan fingerprint density at radius 2 is 2.11 bits per heavy atom. The Balaban J connectivity index is 1.93. The van der Waals surface area contributed by atoms with E-state index in [-0.39, 0.29) is 6.04 Å². The van der Waals surface area contributed by atoms with Crippen molar-refractivity contribution in [3.63, 3.8) is 0 Å². The third-order valence-electron chi connectivity index (χ3n) is 2.81. The fourth-order valence-corrected chi connectivity index (χ4v) is 3.54. The lowest BCUT2D eigenvalue weighted by Crippen LogP contribution is -2.31.